The molecule has 0 unspecified atom stereocenters. The van der Waals surface area contributed by atoms with Crippen molar-refractivity contribution in [1.82, 2.24) is 10.6 Å². The van der Waals surface area contributed by atoms with Gasteiger partial charge in [-0.1, -0.05) is 32.4 Å². The van der Waals surface area contributed by atoms with Crippen molar-refractivity contribution in [2.75, 3.05) is 24.5 Å². The molecule has 0 saturated heterocycles. The van der Waals surface area contributed by atoms with Gasteiger partial charge in [0.2, 0.25) is 0 Å². The predicted octanol–water partition coefficient (Wildman–Crippen LogP) is 2.45. The second kappa shape index (κ2) is 8.72. The highest BCUT2D eigenvalue weighted by atomic mass is 32.1. The van der Waals surface area contributed by atoms with Crippen molar-refractivity contribution < 1.29 is 9.53 Å². The number of thiocarbonyl (C=S) groups is 1. The van der Waals surface area contributed by atoms with E-state index in [-0.39, 0.29) is 5.91 Å². The first-order valence-corrected chi connectivity index (χ1v) is 8.67. The van der Waals surface area contributed by atoms with E-state index in [0.29, 0.717) is 24.0 Å². The Balaban J connectivity index is 2.12. The number of amides is 1. The number of fused-ring (bicyclic) bond motifs is 1. The molecule has 0 bridgehead atoms. The van der Waals surface area contributed by atoms with Crippen LogP contribution in [0.15, 0.2) is 24.3 Å². The number of benzene rings is 1. The molecule has 0 saturated carbocycles. The minimum Gasteiger partial charge on any atom is -0.477 e. The second-order valence-corrected chi connectivity index (χ2v) is 5.95. The number of rotatable bonds is 6. The van der Waals surface area contributed by atoms with E-state index in [1.165, 1.54) is 0 Å². The molecular weight excluding hydrogens is 310 g/mol. The number of carbonyl (C=O) groups is 1. The molecule has 23 heavy (non-hydrogen) atoms. The van der Waals surface area contributed by atoms with Crippen molar-refractivity contribution in [3.8, 4) is 5.75 Å². The molecule has 0 spiro atoms. The summed E-state index contributed by atoms with van der Waals surface area (Å²) in [7, 11) is 0. The van der Waals surface area contributed by atoms with E-state index in [1.807, 2.05) is 36.1 Å². The fraction of sp³-hybridized carbons (Fsp3) is 0.529. The number of unbranched alkanes of at least 4 members (excludes halogenated alkanes) is 1. The van der Waals surface area contributed by atoms with Gasteiger partial charge in [0.25, 0.3) is 5.91 Å². The van der Waals surface area contributed by atoms with E-state index < -0.39 is 6.10 Å². The van der Waals surface area contributed by atoms with E-state index in [2.05, 4.69) is 17.6 Å². The Kier molecular flexibility index (Phi) is 6.65. The van der Waals surface area contributed by atoms with Crippen molar-refractivity contribution in [1.29, 1.82) is 0 Å². The molecule has 0 radical (unpaired) electrons. The van der Waals surface area contributed by atoms with Crippen LogP contribution in [0.3, 0.4) is 0 Å². The van der Waals surface area contributed by atoms with Crippen LogP contribution in [0.25, 0.3) is 0 Å². The summed E-state index contributed by atoms with van der Waals surface area (Å²) in [5, 5.41) is 6.80. The molecule has 1 amide bonds. The summed E-state index contributed by atoms with van der Waals surface area (Å²) in [5.41, 5.74) is 0.904. The third-order valence-electron chi connectivity index (χ3n) is 3.67. The molecule has 0 aromatic heterocycles. The monoisotopic (exact) mass is 335 g/mol. The maximum atomic E-state index is 12.3. The van der Waals surface area contributed by atoms with E-state index in [4.69, 9.17) is 17.0 Å². The van der Waals surface area contributed by atoms with Gasteiger partial charge in [0.1, 0.15) is 5.75 Å². The second-order valence-electron chi connectivity index (χ2n) is 5.56. The summed E-state index contributed by atoms with van der Waals surface area (Å²) in [5.74, 6) is 0.595. The Bertz CT molecular complexity index is 550. The normalized spacial score (nSPS) is 16.3. The number of anilines is 1. The minimum atomic E-state index is -0.553. The number of nitrogens with one attached hydrogen (secondary N) is 2. The van der Waals surface area contributed by atoms with Crippen LogP contribution in [-0.2, 0) is 4.79 Å². The third-order valence-corrected chi connectivity index (χ3v) is 4.03. The summed E-state index contributed by atoms with van der Waals surface area (Å²) in [4.78, 5) is 14.2. The van der Waals surface area contributed by atoms with Crippen LogP contribution >= 0.6 is 12.2 Å². The van der Waals surface area contributed by atoms with Gasteiger partial charge >= 0.3 is 0 Å². The molecule has 1 aromatic carbocycles. The molecule has 2 rings (SSSR count). The number of para-hydroxylation sites is 2. The lowest BCUT2D eigenvalue weighted by atomic mass is 10.2. The maximum absolute atomic E-state index is 12.3. The largest absolute Gasteiger partial charge is 0.477 e. The lowest BCUT2D eigenvalue weighted by Crippen LogP contribution is -2.53. The zero-order valence-corrected chi connectivity index (χ0v) is 14.6. The lowest BCUT2D eigenvalue weighted by Gasteiger charge is -2.35. The molecule has 1 atom stereocenters. The number of nitrogens with zero attached hydrogens (tertiary/aromatic N) is 1. The van der Waals surface area contributed by atoms with E-state index in [0.717, 1.165) is 31.5 Å². The van der Waals surface area contributed by atoms with Crippen molar-refractivity contribution in [2.24, 2.45) is 0 Å². The summed E-state index contributed by atoms with van der Waals surface area (Å²) >= 11 is 5.52. The summed E-state index contributed by atoms with van der Waals surface area (Å²) in [6, 6.07) is 7.68. The summed E-state index contributed by atoms with van der Waals surface area (Å²) in [6.45, 7) is 6.07. The van der Waals surface area contributed by atoms with Gasteiger partial charge in [-0.3, -0.25) is 4.79 Å². The van der Waals surface area contributed by atoms with Gasteiger partial charge in [0, 0.05) is 13.1 Å². The van der Waals surface area contributed by atoms with Gasteiger partial charge < -0.3 is 20.3 Å². The predicted molar refractivity (Wildman–Crippen MR) is 97.0 cm³/mol. The molecule has 0 fully saturated rings. The quantitative estimate of drug-likeness (QED) is 0.618. The van der Waals surface area contributed by atoms with Gasteiger partial charge in [-0.05, 0) is 37.2 Å². The van der Waals surface area contributed by atoms with Crippen LogP contribution in [0, 0.1) is 0 Å². The average Bonchev–Trinajstić information content (AvgIpc) is 2.58. The van der Waals surface area contributed by atoms with Crippen LogP contribution in [0.2, 0.25) is 0 Å². The number of ether oxygens (including phenoxy) is 1. The molecular formula is C17H25N3O2S. The first kappa shape index (κ1) is 17.5. The molecule has 2 N–H and O–H groups in total. The average molecular weight is 335 g/mol. The lowest BCUT2D eigenvalue weighted by molar-refractivity contribution is -0.127. The Morgan fingerprint density at radius 2 is 2.04 bits per heavy atom. The molecule has 6 heteroatoms. The SMILES string of the molecule is CCCCNC(=S)N1C[C@H](C(=O)NCCC)Oc2ccccc21. The molecule has 1 aliphatic rings. The maximum Gasteiger partial charge on any atom is 0.262 e. The van der Waals surface area contributed by atoms with Crippen LogP contribution in [-0.4, -0.2) is 36.8 Å². The van der Waals surface area contributed by atoms with E-state index in [9.17, 15) is 4.79 Å². The molecule has 0 aliphatic carbocycles. The smallest absolute Gasteiger partial charge is 0.262 e. The zero-order chi connectivity index (χ0) is 16.7. The molecule has 1 aromatic rings. The van der Waals surface area contributed by atoms with Gasteiger partial charge in [0.05, 0.1) is 12.2 Å². The third kappa shape index (κ3) is 4.58. The number of hydrogen-bond acceptors (Lipinski definition) is 3. The molecule has 1 heterocycles. The van der Waals surface area contributed by atoms with E-state index >= 15 is 0 Å². The van der Waals surface area contributed by atoms with Gasteiger partial charge in [-0.15, -0.1) is 0 Å². The van der Waals surface area contributed by atoms with Crippen molar-refractivity contribution in [3.05, 3.63) is 24.3 Å². The van der Waals surface area contributed by atoms with Crippen molar-refractivity contribution in [3.63, 3.8) is 0 Å². The Hall–Kier alpha value is -1.82. The summed E-state index contributed by atoms with van der Waals surface area (Å²) in [6.07, 6.45) is 2.52. The van der Waals surface area contributed by atoms with Crippen LogP contribution in [0.1, 0.15) is 33.1 Å². The first-order chi connectivity index (χ1) is 11.2. The van der Waals surface area contributed by atoms with Gasteiger partial charge in [-0.25, -0.2) is 0 Å². The fourth-order valence-electron chi connectivity index (χ4n) is 2.39. The fourth-order valence-corrected chi connectivity index (χ4v) is 2.67. The zero-order valence-electron chi connectivity index (χ0n) is 13.8. The molecule has 1 aliphatic heterocycles. The van der Waals surface area contributed by atoms with Crippen molar-refractivity contribution in [2.45, 2.75) is 39.2 Å². The van der Waals surface area contributed by atoms with E-state index in [1.54, 1.807) is 0 Å². The van der Waals surface area contributed by atoms with Crippen LogP contribution in [0.5, 0.6) is 5.75 Å². The summed E-state index contributed by atoms with van der Waals surface area (Å²) < 4.78 is 5.86. The Labute approximate surface area is 143 Å². The van der Waals surface area contributed by atoms with Crippen molar-refractivity contribution >= 4 is 28.9 Å². The minimum absolute atomic E-state index is 0.0947. The van der Waals surface area contributed by atoms with Crippen LogP contribution in [0.4, 0.5) is 5.69 Å². The Morgan fingerprint density at radius 1 is 1.26 bits per heavy atom. The first-order valence-electron chi connectivity index (χ1n) is 8.26. The standard InChI is InChI=1S/C17H25N3O2S/c1-3-5-11-19-17(23)20-12-15(16(21)18-10-4-2)22-14-9-7-6-8-13(14)20/h6-9,15H,3-5,10-12H2,1-2H3,(H,18,21)(H,19,23)/t15-/m1/s1. The molecule has 5 nitrogen and oxygen atoms in total. The van der Waals surface area contributed by atoms with Gasteiger partial charge in [0.15, 0.2) is 11.2 Å². The highest BCUT2D eigenvalue weighted by molar-refractivity contribution is 7.80. The topological polar surface area (TPSA) is 53.6 Å². The highest BCUT2D eigenvalue weighted by Gasteiger charge is 2.32. The molecule has 126 valence electrons. The van der Waals surface area contributed by atoms with Gasteiger partial charge in [-0.2, -0.15) is 0 Å². The van der Waals surface area contributed by atoms with Crippen LogP contribution < -0.4 is 20.3 Å². The Morgan fingerprint density at radius 3 is 2.78 bits per heavy atom. The number of carbonyl (C=O) groups excluding carboxylic acids is 1. The highest BCUT2D eigenvalue weighted by Crippen LogP contribution is 2.33. The number of hydrogen-bond donors (Lipinski definition) is 2.